The minimum absolute atomic E-state index is 0.125. The van der Waals surface area contributed by atoms with E-state index >= 15 is 0 Å². The van der Waals surface area contributed by atoms with Crippen LogP contribution in [0.5, 0.6) is 5.75 Å². The third-order valence-electron chi connectivity index (χ3n) is 5.40. The smallest absolute Gasteiger partial charge is 0.243 e. The molecule has 0 spiro atoms. The van der Waals surface area contributed by atoms with Crippen LogP contribution in [-0.4, -0.2) is 49.8 Å². The molecule has 0 radical (unpaired) electrons. The van der Waals surface area contributed by atoms with Gasteiger partial charge in [0.1, 0.15) is 5.75 Å². The summed E-state index contributed by atoms with van der Waals surface area (Å²) >= 11 is 1.68. The van der Waals surface area contributed by atoms with Gasteiger partial charge in [-0.05, 0) is 43.9 Å². The second-order valence-corrected chi connectivity index (χ2v) is 10.7. The summed E-state index contributed by atoms with van der Waals surface area (Å²) in [6.45, 7) is 1.10. The van der Waals surface area contributed by atoms with Crippen molar-refractivity contribution in [2.24, 2.45) is 0 Å². The Kier molecular flexibility index (Phi) is 7.65. The lowest BCUT2D eigenvalue weighted by Gasteiger charge is -2.21. The molecular weight excluding hydrogens is 396 g/mol. The Morgan fingerprint density at radius 3 is 2.46 bits per heavy atom. The first-order valence-corrected chi connectivity index (χ1v) is 12.6. The van der Waals surface area contributed by atoms with Crippen molar-refractivity contribution in [3.63, 3.8) is 0 Å². The zero-order valence-electron chi connectivity index (χ0n) is 16.5. The van der Waals surface area contributed by atoms with Crippen LogP contribution in [0, 0.1) is 0 Å². The predicted molar refractivity (Wildman–Crippen MR) is 114 cm³/mol. The van der Waals surface area contributed by atoms with Gasteiger partial charge in [0, 0.05) is 18.3 Å². The van der Waals surface area contributed by atoms with Crippen LogP contribution in [0.15, 0.2) is 23.1 Å². The molecule has 2 fully saturated rings. The zero-order valence-corrected chi connectivity index (χ0v) is 18.1. The average molecular weight is 427 g/mol. The lowest BCUT2D eigenvalue weighted by atomic mass is 10.2. The number of amides is 1. The van der Waals surface area contributed by atoms with Gasteiger partial charge in [-0.3, -0.25) is 4.79 Å². The van der Waals surface area contributed by atoms with E-state index < -0.39 is 10.0 Å². The number of hydrogen-bond acceptors (Lipinski definition) is 5. The normalized spacial score (nSPS) is 19.3. The van der Waals surface area contributed by atoms with Gasteiger partial charge in [0.2, 0.25) is 15.9 Å². The summed E-state index contributed by atoms with van der Waals surface area (Å²) in [5.74, 6) is 0.713. The summed E-state index contributed by atoms with van der Waals surface area (Å²) in [6, 6.07) is 4.70. The maximum Gasteiger partial charge on any atom is 0.243 e. The second kappa shape index (κ2) is 9.98. The van der Waals surface area contributed by atoms with Crippen molar-refractivity contribution in [1.29, 1.82) is 0 Å². The summed E-state index contributed by atoms with van der Waals surface area (Å²) in [5, 5.41) is 3.40. The number of anilines is 1. The third-order valence-corrected chi connectivity index (χ3v) is 8.67. The Balaban J connectivity index is 1.72. The molecule has 28 heavy (non-hydrogen) atoms. The third kappa shape index (κ3) is 5.42. The number of ether oxygens (including phenoxy) is 1. The van der Waals surface area contributed by atoms with Crippen LogP contribution >= 0.6 is 11.8 Å². The van der Waals surface area contributed by atoms with Gasteiger partial charge < -0.3 is 10.1 Å². The van der Waals surface area contributed by atoms with Crippen molar-refractivity contribution in [2.45, 2.75) is 61.5 Å². The van der Waals surface area contributed by atoms with Crippen LogP contribution in [0.2, 0.25) is 0 Å². The molecule has 0 atom stereocenters. The molecule has 0 bridgehead atoms. The number of hydrogen-bond donors (Lipinski definition) is 1. The average Bonchev–Trinajstić information content (AvgIpc) is 3.05. The maximum absolute atomic E-state index is 13.0. The zero-order chi connectivity index (χ0) is 20.0. The number of carbonyl (C=O) groups is 1. The molecule has 1 amide bonds. The molecule has 1 saturated heterocycles. The SMILES string of the molecule is COc1ccc(S(=O)(=O)N2CCCCCC2)cc1NC(=O)CSC1CCCC1. The Hall–Kier alpha value is -1.25. The van der Waals surface area contributed by atoms with Crippen molar-refractivity contribution >= 4 is 33.4 Å². The minimum Gasteiger partial charge on any atom is -0.495 e. The van der Waals surface area contributed by atoms with Crippen molar-refractivity contribution < 1.29 is 17.9 Å². The molecule has 2 aliphatic rings. The topological polar surface area (TPSA) is 75.7 Å². The Bertz CT molecular complexity index is 768. The highest BCUT2D eigenvalue weighted by Crippen LogP contribution is 2.32. The highest BCUT2D eigenvalue weighted by molar-refractivity contribution is 8.00. The number of nitrogens with one attached hydrogen (secondary N) is 1. The number of thioether (sulfide) groups is 1. The van der Waals surface area contributed by atoms with Crippen LogP contribution < -0.4 is 10.1 Å². The standard InChI is InChI=1S/C20H30N2O4S2/c1-26-19-11-10-17(28(24,25)22-12-6-2-3-7-13-22)14-18(19)21-20(23)15-27-16-8-4-5-9-16/h10-11,14,16H,2-9,12-13,15H2,1H3,(H,21,23). The van der Waals surface area contributed by atoms with E-state index in [1.54, 1.807) is 28.2 Å². The van der Waals surface area contributed by atoms with Crippen molar-refractivity contribution in [2.75, 3.05) is 31.3 Å². The Morgan fingerprint density at radius 1 is 1.14 bits per heavy atom. The Labute approximate surface area is 172 Å². The largest absolute Gasteiger partial charge is 0.495 e. The van der Waals surface area contributed by atoms with E-state index in [2.05, 4.69) is 5.32 Å². The second-order valence-electron chi connectivity index (χ2n) is 7.45. The van der Waals surface area contributed by atoms with E-state index in [4.69, 9.17) is 4.74 Å². The van der Waals surface area contributed by atoms with Gasteiger partial charge in [0.05, 0.1) is 23.4 Å². The van der Waals surface area contributed by atoms with Crippen LogP contribution in [0.1, 0.15) is 51.4 Å². The van der Waals surface area contributed by atoms with Crippen LogP contribution in [0.3, 0.4) is 0 Å². The fourth-order valence-electron chi connectivity index (χ4n) is 3.81. The van der Waals surface area contributed by atoms with Crippen molar-refractivity contribution in [3.8, 4) is 5.75 Å². The van der Waals surface area contributed by atoms with E-state index in [9.17, 15) is 13.2 Å². The van der Waals surface area contributed by atoms with E-state index in [1.807, 2.05) is 0 Å². The van der Waals surface area contributed by atoms with Gasteiger partial charge in [-0.15, -0.1) is 11.8 Å². The molecule has 1 aliphatic heterocycles. The molecule has 1 N–H and O–H groups in total. The quantitative estimate of drug-likeness (QED) is 0.716. The number of benzene rings is 1. The van der Waals surface area contributed by atoms with Gasteiger partial charge in [-0.2, -0.15) is 4.31 Å². The van der Waals surface area contributed by atoms with Gasteiger partial charge in [0.15, 0.2) is 0 Å². The predicted octanol–water partition coefficient (Wildman–Crippen LogP) is 3.87. The minimum atomic E-state index is -3.57. The van der Waals surface area contributed by atoms with Crippen molar-refractivity contribution in [1.82, 2.24) is 4.31 Å². The van der Waals surface area contributed by atoms with Gasteiger partial charge in [-0.25, -0.2) is 8.42 Å². The summed E-state index contributed by atoms with van der Waals surface area (Å²) < 4.78 is 33.0. The lowest BCUT2D eigenvalue weighted by Crippen LogP contribution is -2.32. The molecule has 156 valence electrons. The van der Waals surface area contributed by atoms with Gasteiger partial charge in [0.25, 0.3) is 0 Å². The molecule has 1 aliphatic carbocycles. The number of methoxy groups -OCH3 is 1. The molecule has 8 heteroatoms. The number of sulfonamides is 1. The number of carbonyl (C=O) groups excluding carboxylic acids is 1. The summed E-state index contributed by atoms with van der Waals surface area (Å²) in [6.07, 6.45) is 8.72. The summed E-state index contributed by atoms with van der Waals surface area (Å²) in [5.41, 5.74) is 0.412. The van der Waals surface area contributed by atoms with Crippen LogP contribution in [0.4, 0.5) is 5.69 Å². The van der Waals surface area contributed by atoms with E-state index in [0.717, 1.165) is 25.7 Å². The van der Waals surface area contributed by atoms with E-state index in [-0.39, 0.29) is 10.8 Å². The van der Waals surface area contributed by atoms with E-state index in [1.165, 1.54) is 38.9 Å². The number of rotatable bonds is 7. The maximum atomic E-state index is 13.0. The molecule has 1 aromatic carbocycles. The van der Waals surface area contributed by atoms with Crippen LogP contribution in [0.25, 0.3) is 0 Å². The highest BCUT2D eigenvalue weighted by atomic mass is 32.2. The summed E-state index contributed by atoms with van der Waals surface area (Å²) in [7, 11) is -2.06. The first-order valence-electron chi connectivity index (χ1n) is 10.1. The molecule has 1 saturated carbocycles. The number of nitrogens with zero attached hydrogens (tertiary/aromatic N) is 1. The van der Waals surface area contributed by atoms with Crippen LogP contribution in [-0.2, 0) is 14.8 Å². The Morgan fingerprint density at radius 2 is 1.82 bits per heavy atom. The molecule has 6 nitrogen and oxygen atoms in total. The first-order chi connectivity index (χ1) is 13.5. The molecule has 0 unspecified atom stereocenters. The highest BCUT2D eigenvalue weighted by Gasteiger charge is 2.26. The lowest BCUT2D eigenvalue weighted by molar-refractivity contribution is -0.113. The summed E-state index contributed by atoms with van der Waals surface area (Å²) in [4.78, 5) is 12.6. The molecule has 3 rings (SSSR count). The molecule has 1 heterocycles. The molecular formula is C20H30N2O4S2. The first kappa shape index (κ1) is 21.5. The molecule has 1 aromatic rings. The van der Waals surface area contributed by atoms with Gasteiger partial charge in [-0.1, -0.05) is 25.7 Å². The van der Waals surface area contributed by atoms with E-state index in [0.29, 0.717) is 35.5 Å². The molecule has 0 aromatic heterocycles. The van der Waals surface area contributed by atoms with Crippen molar-refractivity contribution in [3.05, 3.63) is 18.2 Å². The monoisotopic (exact) mass is 426 g/mol. The van der Waals surface area contributed by atoms with Gasteiger partial charge >= 0.3 is 0 Å². The fourth-order valence-corrected chi connectivity index (χ4v) is 6.48. The fraction of sp³-hybridized carbons (Fsp3) is 0.650.